The third kappa shape index (κ3) is 14.9. The van der Waals surface area contributed by atoms with Gasteiger partial charge in [0, 0.05) is 13.2 Å². The van der Waals surface area contributed by atoms with Gasteiger partial charge in [0.2, 0.25) is 0 Å². The van der Waals surface area contributed by atoms with Crippen molar-refractivity contribution in [1.82, 2.24) is 0 Å². The van der Waals surface area contributed by atoms with Crippen molar-refractivity contribution in [2.45, 2.75) is 116 Å². The molecule has 0 atom stereocenters. The summed E-state index contributed by atoms with van der Waals surface area (Å²) in [6, 6.07) is 4.96. The monoisotopic (exact) mass is 466 g/mol. The molecule has 0 aromatic heterocycles. The Balaban J connectivity index is 2.33. The summed E-state index contributed by atoms with van der Waals surface area (Å²) in [6.07, 6.45) is 15.1. The second-order valence-electron chi connectivity index (χ2n) is 8.73. The van der Waals surface area contributed by atoms with E-state index in [1.54, 1.807) is 12.1 Å². The highest BCUT2D eigenvalue weighted by atomic mass is 16.7. The molecular weight excluding hydrogens is 420 g/mol. The van der Waals surface area contributed by atoms with Crippen LogP contribution in [0.5, 0.6) is 11.5 Å². The number of ether oxygens (including phenoxy) is 3. The van der Waals surface area contributed by atoms with Crippen LogP contribution in [0.1, 0.15) is 109 Å². The molecule has 0 bridgehead atoms. The molecule has 0 aliphatic rings. The van der Waals surface area contributed by atoms with E-state index >= 15 is 0 Å². The lowest BCUT2D eigenvalue weighted by atomic mass is 10.0. The minimum Gasteiger partial charge on any atom is -0.504 e. The number of phenols is 1. The highest BCUT2D eigenvalue weighted by molar-refractivity contribution is 5.63. The van der Waals surface area contributed by atoms with E-state index in [0.717, 1.165) is 51.7 Å². The van der Waals surface area contributed by atoms with Gasteiger partial charge in [-0.2, -0.15) is 0 Å². The molecule has 0 aliphatic heterocycles. The summed E-state index contributed by atoms with van der Waals surface area (Å²) in [4.78, 5) is 10.7. The lowest BCUT2D eigenvalue weighted by Gasteiger charge is -2.19. The van der Waals surface area contributed by atoms with E-state index in [-0.39, 0.29) is 17.8 Å². The van der Waals surface area contributed by atoms with E-state index in [0.29, 0.717) is 12.0 Å². The number of phenolic OH excluding ortho intramolecular Hbond substituents is 1. The average molecular weight is 467 g/mol. The van der Waals surface area contributed by atoms with Crippen LogP contribution in [0.2, 0.25) is 0 Å². The standard InChI is InChI=1S/C27H46O6/c1-3-5-7-9-14-21-31-25(32-22-15-10-8-6-4-2)20-13-11-12-17-23-18-16-19-24(26(23)28)33-27(29)30/h16,18-19,25,28H,3-15,17,20-22H2,1-2H3,(H,29,30). The molecule has 0 amide bonds. The molecule has 0 heterocycles. The summed E-state index contributed by atoms with van der Waals surface area (Å²) in [6.45, 7) is 5.97. The van der Waals surface area contributed by atoms with Crippen LogP contribution in [0.4, 0.5) is 4.79 Å². The van der Waals surface area contributed by atoms with Gasteiger partial charge in [-0.25, -0.2) is 4.79 Å². The fourth-order valence-corrected chi connectivity index (χ4v) is 3.80. The molecular formula is C27H46O6. The fourth-order valence-electron chi connectivity index (χ4n) is 3.80. The van der Waals surface area contributed by atoms with Gasteiger partial charge in [-0.05, 0) is 50.2 Å². The van der Waals surface area contributed by atoms with Crippen molar-refractivity contribution < 1.29 is 29.2 Å². The van der Waals surface area contributed by atoms with Gasteiger partial charge in [0.15, 0.2) is 17.8 Å². The number of rotatable bonds is 21. The average Bonchev–Trinajstić information content (AvgIpc) is 2.79. The van der Waals surface area contributed by atoms with E-state index < -0.39 is 6.16 Å². The van der Waals surface area contributed by atoms with Gasteiger partial charge in [0.1, 0.15) is 0 Å². The molecule has 1 aromatic carbocycles. The number of carbonyl (C=O) groups is 1. The number of unbranched alkanes of at least 4 members (excludes halogenated alkanes) is 10. The van der Waals surface area contributed by atoms with Crippen molar-refractivity contribution in [1.29, 1.82) is 0 Å². The summed E-state index contributed by atoms with van der Waals surface area (Å²) in [5, 5.41) is 19.0. The van der Waals surface area contributed by atoms with Crippen molar-refractivity contribution in [3.63, 3.8) is 0 Å². The Morgan fingerprint density at radius 3 is 1.97 bits per heavy atom. The topological polar surface area (TPSA) is 85.2 Å². The molecule has 33 heavy (non-hydrogen) atoms. The first-order valence-corrected chi connectivity index (χ1v) is 13.0. The van der Waals surface area contributed by atoms with Gasteiger partial charge in [-0.15, -0.1) is 0 Å². The van der Waals surface area contributed by atoms with Crippen LogP contribution in [0.25, 0.3) is 0 Å². The predicted molar refractivity (Wildman–Crippen MR) is 132 cm³/mol. The van der Waals surface area contributed by atoms with Crippen LogP contribution in [0, 0.1) is 0 Å². The van der Waals surface area contributed by atoms with Gasteiger partial charge < -0.3 is 24.4 Å². The zero-order chi connectivity index (χ0) is 24.2. The lowest BCUT2D eigenvalue weighted by Crippen LogP contribution is -2.19. The minimum atomic E-state index is -1.43. The Morgan fingerprint density at radius 1 is 0.818 bits per heavy atom. The minimum absolute atomic E-state index is 0.0141. The lowest BCUT2D eigenvalue weighted by molar-refractivity contribution is -0.148. The first-order valence-electron chi connectivity index (χ1n) is 13.0. The van der Waals surface area contributed by atoms with Crippen LogP contribution in [-0.4, -0.2) is 35.9 Å². The molecule has 2 N–H and O–H groups in total. The molecule has 0 saturated heterocycles. The largest absolute Gasteiger partial charge is 0.511 e. The second-order valence-corrected chi connectivity index (χ2v) is 8.73. The van der Waals surface area contributed by atoms with E-state index in [9.17, 15) is 9.90 Å². The maximum Gasteiger partial charge on any atom is 0.511 e. The van der Waals surface area contributed by atoms with Crippen LogP contribution in [0.15, 0.2) is 18.2 Å². The predicted octanol–water partition coefficient (Wildman–Crippen LogP) is 7.85. The van der Waals surface area contributed by atoms with Crippen molar-refractivity contribution >= 4 is 6.16 Å². The Kier molecular flexibility index (Phi) is 17.4. The molecule has 6 nitrogen and oxygen atoms in total. The first-order chi connectivity index (χ1) is 16.1. The van der Waals surface area contributed by atoms with E-state index in [4.69, 9.17) is 14.6 Å². The highest BCUT2D eigenvalue weighted by Gasteiger charge is 2.12. The van der Waals surface area contributed by atoms with Gasteiger partial charge in [-0.3, -0.25) is 0 Å². The quantitative estimate of drug-likeness (QED) is 0.0830. The van der Waals surface area contributed by atoms with Crippen LogP contribution in [-0.2, 0) is 15.9 Å². The molecule has 0 saturated carbocycles. The van der Waals surface area contributed by atoms with Gasteiger partial charge in [0.25, 0.3) is 0 Å². The normalized spacial score (nSPS) is 11.2. The Hall–Kier alpha value is -1.79. The smallest absolute Gasteiger partial charge is 0.504 e. The zero-order valence-electron chi connectivity index (χ0n) is 20.9. The van der Waals surface area contributed by atoms with Crippen LogP contribution in [0.3, 0.4) is 0 Å². The van der Waals surface area contributed by atoms with E-state index in [2.05, 4.69) is 18.6 Å². The maximum absolute atomic E-state index is 10.7. The number of benzene rings is 1. The number of hydrogen-bond acceptors (Lipinski definition) is 5. The molecule has 6 heteroatoms. The van der Waals surface area contributed by atoms with Crippen molar-refractivity contribution in [3.8, 4) is 11.5 Å². The summed E-state index contributed by atoms with van der Waals surface area (Å²) in [5.41, 5.74) is 0.706. The van der Waals surface area contributed by atoms with Gasteiger partial charge in [0.05, 0.1) is 0 Å². The van der Waals surface area contributed by atoms with E-state index in [1.807, 2.05) is 0 Å². The molecule has 0 aliphatic carbocycles. The van der Waals surface area contributed by atoms with Crippen molar-refractivity contribution in [2.75, 3.05) is 13.2 Å². The highest BCUT2D eigenvalue weighted by Crippen LogP contribution is 2.31. The van der Waals surface area contributed by atoms with Gasteiger partial charge in [-0.1, -0.05) is 83.8 Å². The number of para-hydroxylation sites is 1. The molecule has 1 rings (SSSR count). The first kappa shape index (κ1) is 29.2. The summed E-state index contributed by atoms with van der Waals surface area (Å²) < 4.78 is 16.7. The fraction of sp³-hybridized carbons (Fsp3) is 0.741. The van der Waals surface area contributed by atoms with Gasteiger partial charge >= 0.3 is 6.16 Å². The third-order valence-corrected chi connectivity index (χ3v) is 5.77. The third-order valence-electron chi connectivity index (χ3n) is 5.77. The SMILES string of the molecule is CCCCCCCOC(CCCCCc1cccc(OC(=O)O)c1O)OCCCCCCC. The van der Waals surface area contributed by atoms with Crippen molar-refractivity contribution in [2.24, 2.45) is 0 Å². The second kappa shape index (κ2) is 19.7. The summed E-state index contributed by atoms with van der Waals surface area (Å²) in [5.74, 6) is -0.102. The summed E-state index contributed by atoms with van der Waals surface area (Å²) >= 11 is 0. The van der Waals surface area contributed by atoms with Crippen molar-refractivity contribution in [3.05, 3.63) is 23.8 Å². The number of aromatic hydroxyl groups is 1. The van der Waals surface area contributed by atoms with E-state index in [1.165, 1.54) is 57.4 Å². The number of hydrogen-bond donors (Lipinski definition) is 2. The molecule has 0 unspecified atom stereocenters. The Bertz CT molecular complexity index is 603. The van der Waals surface area contributed by atoms with Crippen LogP contribution < -0.4 is 4.74 Å². The Labute approximate surface area is 200 Å². The number of aryl methyl sites for hydroxylation is 1. The molecule has 0 radical (unpaired) electrons. The molecule has 0 spiro atoms. The maximum atomic E-state index is 10.7. The molecule has 1 aromatic rings. The Morgan fingerprint density at radius 2 is 1.39 bits per heavy atom. The molecule has 190 valence electrons. The van der Waals surface area contributed by atoms with Crippen LogP contribution >= 0.6 is 0 Å². The summed E-state index contributed by atoms with van der Waals surface area (Å²) in [7, 11) is 0. The zero-order valence-corrected chi connectivity index (χ0v) is 20.9. The molecule has 0 fully saturated rings. The number of carboxylic acid groups (broad SMARTS) is 1.